The first-order valence-corrected chi connectivity index (χ1v) is 9.85. The summed E-state index contributed by atoms with van der Waals surface area (Å²) in [7, 11) is 2.45. The normalized spacial score (nSPS) is 40.4. The van der Waals surface area contributed by atoms with E-state index in [1.807, 2.05) is 0 Å². The molecule has 0 saturated carbocycles. The van der Waals surface area contributed by atoms with Crippen molar-refractivity contribution in [3.63, 3.8) is 0 Å². The summed E-state index contributed by atoms with van der Waals surface area (Å²) >= 11 is 0. The van der Waals surface area contributed by atoms with Gasteiger partial charge in [0.1, 0.15) is 48.8 Å². The quantitative estimate of drug-likeness (QED) is 0.234. The molecule has 1 aromatic heterocycles. The van der Waals surface area contributed by atoms with Crippen LogP contribution in [0.3, 0.4) is 0 Å². The number of aliphatic hydroxyl groups is 6. The zero-order valence-corrected chi connectivity index (χ0v) is 17.4. The van der Waals surface area contributed by atoms with Crippen molar-refractivity contribution in [2.24, 2.45) is 0 Å². The maximum absolute atomic E-state index is 12.9. The van der Waals surface area contributed by atoms with Gasteiger partial charge in [-0.3, -0.25) is 13.9 Å². The van der Waals surface area contributed by atoms with Crippen LogP contribution in [0.15, 0.2) is 21.9 Å². The number of nitrogens with zero attached hydrogens (tertiary/aromatic N) is 2. The molecule has 2 fully saturated rings. The standard InChI is InChI=1S/C18H28N2O12/c1-29-16-14(26)12(24)10(22)7(31-16)5-19-4-3-9(21)20(18(19)28)6-8-11(23)13(25)15(27)17(30-2)32-8/h3-4,7-8,10-17,22-27H,5-6H2,1-2H3/t7-,8-,10-,11-,12+,13+,14-,15-,16?,17+/m1/s1. The summed E-state index contributed by atoms with van der Waals surface area (Å²) in [6.45, 7) is -0.778. The summed E-state index contributed by atoms with van der Waals surface area (Å²) in [5, 5.41) is 60.1. The van der Waals surface area contributed by atoms with Crippen LogP contribution in [0.1, 0.15) is 0 Å². The molecular formula is C18H28N2O12. The van der Waals surface area contributed by atoms with Gasteiger partial charge in [0, 0.05) is 26.5 Å². The van der Waals surface area contributed by atoms with E-state index < -0.39 is 79.2 Å². The van der Waals surface area contributed by atoms with E-state index in [9.17, 15) is 40.2 Å². The first-order chi connectivity index (χ1) is 15.1. The molecule has 0 bridgehead atoms. The Morgan fingerprint density at radius 3 is 1.72 bits per heavy atom. The van der Waals surface area contributed by atoms with E-state index >= 15 is 0 Å². The van der Waals surface area contributed by atoms with Crippen LogP contribution in [0.2, 0.25) is 0 Å². The van der Waals surface area contributed by atoms with Crippen molar-refractivity contribution >= 4 is 0 Å². The lowest BCUT2D eigenvalue weighted by molar-refractivity contribution is -0.292. The maximum Gasteiger partial charge on any atom is 0.331 e. The predicted molar refractivity (Wildman–Crippen MR) is 102 cm³/mol. The highest BCUT2D eigenvalue weighted by atomic mass is 16.7. The minimum Gasteiger partial charge on any atom is -0.388 e. The molecule has 6 N–H and O–H groups in total. The lowest BCUT2D eigenvalue weighted by Gasteiger charge is -2.40. The molecule has 2 aliphatic rings. The molecule has 1 aromatic rings. The number of ether oxygens (including phenoxy) is 4. The molecule has 32 heavy (non-hydrogen) atoms. The third-order valence-electron chi connectivity index (χ3n) is 5.68. The number of aromatic nitrogens is 2. The van der Waals surface area contributed by atoms with Crippen LogP contribution in [0.4, 0.5) is 0 Å². The van der Waals surface area contributed by atoms with Gasteiger partial charge < -0.3 is 49.6 Å². The highest BCUT2D eigenvalue weighted by Crippen LogP contribution is 2.23. The first kappa shape index (κ1) is 24.9. The Morgan fingerprint density at radius 2 is 1.25 bits per heavy atom. The minimum atomic E-state index is -1.63. The second kappa shape index (κ2) is 10.0. The Kier molecular flexibility index (Phi) is 7.82. The molecule has 2 aliphatic heterocycles. The minimum absolute atomic E-state index is 0.306. The van der Waals surface area contributed by atoms with E-state index in [0.29, 0.717) is 0 Å². The molecule has 3 heterocycles. The first-order valence-electron chi connectivity index (χ1n) is 9.85. The lowest BCUT2D eigenvalue weighted by Crippen LogP contribution is -2.60. The number of hydrogen-bond donors (Lipinski definition) is 6. The highest BCUT2D eigenvalue weighted by Gasteiger charge is 2.45. The Morgan fingerprint density at radius 1 is 0.781 bits per heavy atom. The Balaban J connectivity index is 1.83. The van der Waals surface area contributed by atoms with Crippen molar-refractivity contribution in [1.29, 1.82) is 0 Å². The fourth-order valence-electron chi connectivity index (χ4n) is 3.76. The summed E-state index contributed by atoms with van der Waals surface area (Å²) in [6.07, 6.45) is -13.2. The summed E-state index contributed by atoms with van der Waals surface area (Å²) in [5.74, 6) is 0. The molecule has 182 valence electrons. The van der Waals surface area contributed by atoms with E-state index in [2.05, 4.69) is 0 Å². The second-order valence-electron chi connectivity index (χ2n) is 7.70. The van der Waals surface area contributed by atoms with Crippen molar-refractivity contribution in [3.8, 4) is 0 Å². The molecule has 0 aromatic carbocycles. The van der Waals surface area contributed by atoms with Crippen molar-refractivity contribution in [2.75, 3.05) is 14.2 Å². The number of hydrogen-bond acceptors (Lipinski definition) is 12. The largest absolute Gasteiger partial charge is 0.388 e. The molecule has 1 unspecified atom stereocenters. The van der Waals surface area contributed by atoms with Gasteiger partial charge in [0.2, 0.25) is 0 Å². The van der Waals surface area contributed by atoms with E-state index in [1.54, 1.807) is 0 Å². The molecule has 2 saturated heterocycles. The zero-order chi connectivity index (χ0) is 23.7. The van der Waals surface area contributed by atoms with Crippen molar-refractivity contribution < 1.29 is 49.6 Å². The number of aliphatic hydroxyl groups excluding tert-OH is 6. The second-order valence-corrected chi connectivity index (χ2v) is 7.70. The van der Waals surface area contributed by atoms with E-state index in [1.165, 1.54) is 14.2 Å². The molecule has 0 radical (unpaired) electrons. The summed E-state index contributed by atoms with van der Waals surface area (Å²) in [6, 6.07) is 1.06. The van der Waals surface area contributed by atoms with Crippen LogP contribution in [0, 0.1) is 0 Å². The van der Waals surface area contributed by atoms with Crippen LogP contribution >= 0.6 is 0 Å². The molecule has 0 amide bonds. The van der Waals surface area contributed by atoms with E-state index in [0.717, 1.165) is 21.4 Å². The van der Waals surface area contributed by atoms with Gasteiger partial charge in [-0.15, -0.1) is 0 Å². The molecule has 14 heteroatoms. The van der Waals surface area contributed by atoms with Crippen LogP contribution < -0.4 is 11.2 Å². The Labute approximate surface area is 181 Å². The summed E-state index contributed by atoms with van der Waals surface area (Å²) in [4.78, 5) is 25.2. The van der Waals surface area contributed by atoms with Gasteiger partial charge in [-0.25, -0.2) is 4.79 Å². The van der Waals surface area contributed by atoms with Gasteiger partial charge in [0.05, 0.1) is 13.1 Å². The number of methoxy groups -OCH3 is 2. The third-order valence-corrected chi connectivity index (χ3v) is 5.68. The monoisotopic (exact) mass is 464 g/mol. The summed E-state index contributed by atoms with van der Waals surface area (Å²) < 4.78 is 22.4. The Hall–Kier alpha value is -1.72. The van der Waals surface area contributed by atoms with Gasteiger partial charge >= 0.3 is 5.69 Å². The van der Waals surface area contributed by atoms with Gasteiger partial charge in [-0.2, -0.15) is 0 Å². The SMILES string of the molecule is COC1O[C@H](Cn2ccc(=O)n(C[C@H]3O[C@H](OC)[C@H](O)[C@@H](O)[C@@H]3O)c2=O)[C@@H](O)[C@H](O)[C@H]1O. The molecule has 14 nitrogen and oxygen atoms in total. The van der Waals surface area contributed by atoms with Crippen molar-refractivity contribution in [2.45, 2.75) is 74.5 Å². The molecule has 0 aliphatic carbocycles. The van der Waals surface area contributed by atoms with Crippen molar-refractivity contribution in [3.05, 3.63) is 33.1 Å². The maximum atomic E-state index is 12.9. The van der Waals surface area contributed by atoms with E-state index in [-0.39, 0.29) is 6.54 Å². The fraction of sp³-hybridized carbons (Fsp3) is 0.778. The molecular weight excluding hydrogens is 436 g/mol. The highest BCUT2D eigenvalue weighted by molar-refractivity contribution is 4.94. The van der Waals surface area contributed by atoms with Crippen LogP contribution in [0.5, 0.6) is 0 Å². The number of rotatable bonds is 6. The lowest BCUT2D eigenvalue weighted by atomic mass is 9.98. The third kappa shape index (κ3) is 4.65. The molecule has 10 atom stereocenters. The smallest absolute Gasteiger partial charge is 0.331 e. The predicted octanol–water partition coefficient (Wildman–Crippen LogP) is -5.08. The average Bonchev–Trinajstić information content (AvgIpc) is 2.78. The molecule has 3 rings (SSSR count). The van der Waals surface area contributed by atoms with Crippen LogP contribution in [-0.4, -0.2) is 115 Å². The zero-order valence-electron chi connectivity index (χ0n) is 17.4. The average molecular weight is 464 g/mol. The van der Waals surface area contributed by atoms with Crippen LogP contribution in [-0.2, 0) is 32.0 Å². The summed E-state index contributed by atoms with van der Waals surface area (Å²) in [5.41, 5.74) is -1.58. The van der Waals surface area contributed by atoms with Gasteiger partial charge in [-0.05, 0) is 0 Å². The van der Waals surface area contributed by atoms with Crippen LogP contribution in [0.25, 0.3) is 0 Å². The van der Waals surface area contributed by atoms with Gasteiger partial charge in [0.25, 0.3) is 5.56 Å². The fourth-order valence-corrected chi connectivity index (χ4v) is 3.76. The topological polar surface area (TPSA) is 202 Å². The van der Waals surface area contributed by atoms with Gasteiger partial charge in [0.15, 0.2) is 12.6 Å². The molecule has 0 spiro atoms. The Bertz CT molecular complexity index is 885. The van der Waals surface area contributed by atoms with E-state index in [4.69, 9.17) is 18.9 Å². The van der Waals surface area contributed by atoms with Gasteiger partial charge in [-0.1, -0.05) is 0 Å². The van der Waals surface area contributed by atoms with Crippen molar-refractivity contribution in [1.82, 2.24) is 9.13 Å².